The van der Waals surface area contributed by atoms with E-state index < -0.39 is 11.1 Å². The average Bonchev–Trinajstić information content (AvgIpc) is 1.95. The highest BCUT2D eigenvalue weighted by Gasteiger charge is 2.54. The molecule has 0 heterocycles. The Kier molecular flexibility index (Phi) is 3.70. The third kappa shape index (κ3) is 3.21. The van der Waals surface area contributed by atoms with Crippen LogP contribution < -0.4 is 5.73 Å². The van der Waals surface area contributed by atoms with E-state index in [4.69, 9.17) is 10.5 Å². The first-order chi connectivity index (χ1) is 7.43. The summed E-state index contributed by atoms with van der Waals surface area (Å²) in [4.78, 5) is 0. The minimum Gasteiger partial charge on any atom is -0.388 e. The molecule has 1 fully saturated rings. The van der Waals surface area contributed by atoms with Crippen LogP contribution in [-0.2, 0) is 4.74 Å². The van der Waals surface area contributed by atoms with Crippen LogP contribution in [0.25, 0.3) is 0 Å². The van der Waals surface area contributed by atoms with Crippen LogP contribution in [0.15, 0.2) is 0 Å². The van der Waals surface area contributed by atoms with Crippen molar-refractivity contribution in [2.45, 2.75) is 65.0 Å². The lowest BCUT2D eigenvalue weighted by Crippen LogP contribution is -2.65. The van der Waals surface area contributed by atoms with E-state index >= 15 is 0 Å². The van der Waals surface area contributed by atoms with Crippen molar-refractivity contribution in [3.63, 3.8) is 0 Å². The van der Waals surface area contributed by atoms with Gasteiger partial charge in [-0.15, -0.1) is 0 Å². The number of aliphatic hydroxyl groups is 1. The van der Waals surface area contributed by atoms with Crippen molar-refractivity contribution < 1.29 is 9.84 Å². The molecule has 1 aliphatic rings. The van der Waals surface area contributed by atoms with E-state index in [1.807, 2.05) is 6.92 Å². The summed E-state index contributed by atoms with van der Waals surface area (Å²) in [5, 5.41) is 11.0. The van der Waals surface area contributed by atoms with Gasteiger partial charge in [0.25, 0.3) is 0 Å². The Morgan fingerprint density at radius 1 is 1.12 bits per heavy atom. The SMILES string of the molecule is COCC(C)(N)C1(O)CC(C)(C)CC(C)(C)C1. The maximum atomic E-state index is 11.0. The molecule has 1 atom stereocenters. The van der Waals surface area contributed by atoms with Crippen LogP contribution in [0.1, 0.15) is 53.9 Å². The largest absolute Gasteiger partial charge is 0.388 e. The fourth-order valence-corrected chi connectivity index (χ4v) is 3.90. The summed E-state index contributed by atoms with van der Waals surface area (Å²) in [6, 6.07) is 0. The lowest BCUT2D eigenvalue weighted by atomic mass is 9.55. The summed E-state index contributed by atoms with van der Waals surface area (Å²) < 4.78 is 5.18. The van der Waals surface area contributed by atoms with E-state index in [-0.39, 0.29) is 10.8 Å². The zero-order valence-corrected chi connectivity index (χ0v) is 12.3. The second-order valence-electron chi connectivity index (χ2n) is 7.74. The third-order valence-electron chi connectivity index (χ3n) is 4.01. The highest BCUT2D eigenvalue weighted by atomic mass is 16.5. The van der Waals surface area contributed by atoms with Crippen LogP contribution in [0.3, 0.4) is 0 Å². The number of methoxy groups -OCH3 is 1. The fourth-order valence-electron chi connectivity index (χ4n) is 3.90. The standard InChI is InChI=1S/C14H29NO2/c1-11(2)7-12(3,4)9-14(16,8-11)13(5,15)10-17-6/h16H,7-10,15H2,1-6H3. The molecule has 0 bridgehead atoms. The van der Waals surface area contributed by atoms with Crippen molar-refractivity contribution in [2.75, 3.05) is 13.7 Å². The van der Waals surface area contributed by atoms with Crippen LogP contribution in [0, 0.1) is 10.8 Å². The Balaban J connectivity index is 3.02. The van der Waals surface area contributed by atoms with Crippen LogP contribution in [0.5, 0.6) is 0 Å². The maximum Gasteiger partial charge on any atom is 0.0856 e. The van der Waals surface area contributed by atoms with Crippen LogP contribution in [-0.4, -0.2) is 30.0 Å². The molecule has 3 N–H and O–H groups in total. The minimum atomic E-state index is -0.853. The summed E-state index contributed by atoms with van der Waals surface area (Å²) in [6.07, 6.45) is 2.59. The van der Waals surface area contributed by atoms with Gasteiger partial charge in [-0.1, -0.05) is 27.7 Å². The second kappa shape index (κ2) is 4.22. The molecule has 0 radical (unpaired) electrons. The van der Waals surface area contributed by atoms with Crippen molar-refractivity contribution in [3.8, 4) is 0 Å². The van der Waals surface area contributed by atoms with Crippen molar-refractivity contribution in [3.05, 3.63) is 0 Å². The first kappa shape index (κ1) is 14.9. The molecule has 17 heavy (non-hydrogen) atoms. The van der Waals surface area contributed by atoms with Crippen molar-refractivity contribution >= 4 is 0 Å². The van der Waals surface area contributed by atoms with E-state index in [9.17, 15) is 5.11 Å². The molecule has 0 saturated heterocycles. The summed E-state index contributed by atoms with van der Waals surface area (Å²) in [5.74, 6) is 0. The summed E-state index contributed by atoms with van der Waals surface area (Å²) in [5.41, 5.74) is 4.98. The molecule has 0 aromatic rings. The van der Waals surface area contributed by atoms with Gasteiger partial charge in [-0.2, -0.15) is 0 Å². The van der Waals surface area contributed by atoms with Gasteiger partial charge < -0.3 is 15.6 Å². The molecule has 102 valence electrons. The van der Waals surface area contributed by atoms with Gasteiger partial charge in [-0.3, -0.25) is 0 Å². The molecule has 3 nitrogen and oxygen atoms in total. The van der Waals surface area contributed by atoms with E-state index in [1.165, 1.54) is 0 Å². The number of nitrogens with two attached hydrogens (primary N) is 1. The number of hydrogen-bond donors (Lipinski definition) is 2. The van der Waals surface area contributed by atoms with Gasteiger partial charge in [-0.05, 0) is 37.0 Å². The van der Waals surface area contributed by atoms with E-state index in [0.29, 0.717) is 6.61 Å². The van der Waals surface area contributed by atoms with Crippen molar-refractivity contribution in [2.24, 2.45) is 16.6 Å². The minimum absolute atomic E-state index is 0.116. The summed E-state index contributed by atoms with van der Waals surface area (Å²) >= 11 is 0. The summed E-state index contributed by atoms with van der Waals surface area (Å²) in [6.45, 7) is 11.1. The van der Waals surface area contributed by atoms with E-state index in [2.05, 4.69) is 27.7 Å². The molecule has 1 unspecified atom stereocenters. The zero-order valence-electron chi connectivity index (χ0n) is 12.3. The van der Waals surface area contributed by atoms with Crippen molar-refractivity contribution in [1.82, 2.24) is 0 Å². The van der Waals surface area contributed by atoms with Crippen LogP contribution in [0.2, 0.25) is 0 Å². The average molecular weight is 243 g/mol. The highest BCUT2D eigenvalue weighted by Crippen LogP contribution is 2.52. The lowest BCUT2D eigenvalue weighted by Gasteiger charge is -2.55. The first-order valence-electron chi connectivity index (χ1n) is 6.43. The molecule has 1 rings (SSSR count). The normalized spacial score (nSPS) is 29.6. The number of hydrogen-bond acceptors (Lipinski definition) is 3. The topological polar surface area (TPSA) is 55.5 Å². The predicted molar refractivity (Wildman–Crippen MR) is 70.8 cm³/mol. The Labute approximate surface area is 106 Å². The van der Waals surface area contributed by atoms with Gasteiger partial charge in [-0.25, -0.2) is 0 Å². The predicted octanol–water partition coefficient (Wildman–Crippen LogP) is 2.32. The Morgan fingerprint density at radius 2 is 1.53 bits per heavy atom. The quantitative estimate of drug-likeness (QED) is 0.800. The zero-order chi connectivity index (χ0) is 13.5. The number of ether oxygens (including phenoxy) is 1. The highest BCUT2D eigenvalue weighted by molar-refractivity contribution is 5.08. The monoisotopic (exact) mass is 243 g/mol. The van der Waals surface area contributed by atoms with Gasteiger partial charge in [0.15, 0.2) is 0 Å². The Bertz CT molecular complexity index is 266. The molecular weight excluding hydrogens is 214 g/mol. The molecule has 1 saturated carbocycles. The lowest BCUT2D eigenvalue weighted by molar-refractivity contribution is -0.140. The van der Waals surface area contributed by atoms with Crippen LogP contribution >= 0.6 is 0 Å². The molecule has 0 aliphatic heterocycles. The second-order valence-corrected chi connectivity index (χ2v) is 7.74. The molecule has 1 aliphatic carbocycles. The van der Waals surface area contributed by atoms with Gasteiger partial charge >= 0.3 is 0 Å². The van der Waals surface area contributed by atoms with Gasteiger partial charge in [0.1, 0.15) is 0 Å². The number of rotatable bonds is 3. The molecule has 0 aromatic heterocycles. The smallest absolute Gasteiger partial charge is 0.0856 e. The third-order valence-corrected chi connectivity index (χ3v) is 4.01. The van der Waals surface area contributed by atoms with E-state index in [1.54, 1.807) is 7.11 Å². The molecule has 0 aromatic carbocycles. The maximum absolute atomic E-state index is 11.0. The molecular formula is C14H29NO2. The molecule has 0 amide bonds. The molecule has 3 heteroatoms. The van der Waals surface area contributed by atoms with E-state index in [0.717, 1.165) is 19.3 Å². The first-order valence-corrected chi connectivity index (χ1v) is 6.43. The Hall–Kier alpha value is -0.120. The van der Waals surface area contributed by atoms with Gasteiger partial charge in [0.05, 0.1) is 17.7 Å². The van der Waals surface area contributed by atoms with Gasteiger partial charge in [0.2, 0.25) is 0 Å². The Morgan fingerprint density at radius 3 is 1.88 bits per heavy atom. The molecule has 0 spiro atoms. The summed E-state index contributed by atoms with van der Waals surface area (Å²) in [7, 11) is 1.63. The van der Waals surface area contributed by atoms with Crippen molar-refractivity contribution in [1.29, 1.82) is 0 Å². The van der Waals surface area contributed by atoms with Crippen LogP contribution in [0.4, 0.5) is 0 Å². The van der Waals surface area contributed by atoms with Gasteiger partial charge in [0, 0.05) is 7.11 Å². The fraction of sp³-hybridized carbons (Fsp3) is 1.00.